The number of nitrogens with zero attached hydrogens (tertiary/aromatic N) is 2. The normalized spacial score (nSPS) is 23.0. The number of hydrogen-bond donors (Lipinski definition) is 1. The Bertz CT molecular complexity index is 375. The summed E-state index contributed by atoms with van der Waals surface area (Å²) in [5, 5.41) is 4.23. The molecule has 0 aromatic carbocycles. The first kappa shape index (κ1) is 13.5. The van der Waals surface area contributed by atoms with Crippen molar-refractivity contribution in [1.82, 2.24) is 9.97 Å². The fourth-order valence-electron chi connectivity index (χ4n) is 2.34. The van der Waals surface area contributed by atoms with Crippen molar-refractivity contribution in [3.05, 3.63) is 12.4 Å². The quantitative estimate of drug-likeness (QED) is 0.858. The lowest BCUT2D eigenvalue weighted by Gasteiger charge is -2.20. The van der Waals surface area contributed by atoms with Crippen LogP contribution in [0.1, 0.15) is 33.1 Å². The van der Waals surface area contributed by atoms with E-state index in [2.05, 4.69) is 22.2 Å². The number of rotatable bonds is 6. The third kappa shape index (κ3) is 3.51. The molecule has 0 aliphatic heterocycles. The lowest BCUT2D eigenvalue weighted by atomic mass is 10.2. The Morgan fingerprint density at radius 1 is 1.39 bits per heavy atom. The average molecular weight is 267 g/mol. The number of aromatic nitrogens is 2. The van der Waals surface area contributed by atoms with Gasteiger partial charge >= 0.3 is 0 Å². The molecule has 1 saturated carbocycles. The Labute approximate surface area is 113 Å². The van der Waals surface area contributed by atoms with Gasteiger partial charge in [0, 0.05) is 17.4 Å². The van der Waals surface area contributed by atoms with Crippen molar-refractivity contribution in [2.75, 3.05) is 17.7 Å². The van der Waals surface area contributed by atoms with Gasteiger partial charge in [0.15, 0.2) is 0 Å². The van der Waals surface area contributed by atoms with Crippen LogP contribution in [0, 0.1) is 0 Å². The van der Waals surface area contributed by atoms with E-state index < -0.39 is 0 Å². The number of anilines is 1. The van der Waals surface area contributed by atoms with Gasteiger partial charge in [-0.2, -0.15) is 11.8 Å². The summed E-state index contributed by atoms with van der Waals surface area (Å²) < 4.78 is 5.39. The highest BCUT2D eigenvalue weighted by molar-refractivity contribution is 7.99. The molecule has 1 aromatic rings. The van der Waals surface area contributed by atoms with Crippen molar-refractivity contribution in [3.63, 3.8) is 0 Å². The summed E-state index contributed by atoms with van der Waals surface area (Å²) in [5.74, 6) is 2.70. The molecule has 5 heteroatoms. The maximum atomic E-state index is 5.39. The molecule has 100 valence electrons. The SMILES string of the molecule is CCOc1cc(NC2CCCC2SCC)ncn1. The van der Waals surface area contributed by atoms with E-state index in [-0.39, 0.29) is 0 Å². The third-order valence-electron chi connectivity index (χ3n) is 3.10. The minimum absolute atomic E-state index is 0.527. The lowest BCUT2D eigenvalue weighted by Crippen LogP contribution is -2.26. The van der Waals surface area contributed by atoms with E-state index >= 15 is 0 Å². The van der Waals surface area contributed by atoms with Gasteiger partial charge in [0.25, 0.3) is 0 Å². The molecular formula is C13H21N3OS. The van der Waals surface area contributed by atoms with Crippen molar-refractivity contribution < 1.29 is 4.74 Å². The molecule has 0 bridgehead atoms. The summed E-state index contributed by atoms with van der Waals surface area (Å²) in [7, 11) is 0. The number of hydrogen-bond acceptors (Lipinski definition) is 5. The van der Waals surface area contributed by atoms with Gasteiger partial charge in [-0.25, -0.2) is 9.97 Å². The fourth-order valence-corrected chi connectivity index (χ4v) is 3.54. The second-order valence-corrected chi connectivity index (χ2v) is 5.87. The molecule has 1 aliphatic rings. The molecule has 1 fully saturated rings. The van der Waals surface area contributed by atoms with Crippen LogP contribution in [0.15, 0.2) is 12.4 Å². The molecule has 1 aliphatic carbocycles. The summed E-state index contributed by atoms with van der Waals surface area (Å²) in [6.45, 7) is 4.81. The van der Waals surface area contributed by atoms with Crippen molar-refractivity contribution in [1.29, 1.82) is 0 Å². The van der Waals surface area contributed by atoms with E-state index in [1.165, 1.54) is 25.0 Å². The van der Waals surface area contributed by atoms with Gasteiger partial charge in [-0.1, -0.05) is 13.3 Å². The maximum Gasteiger partial charge on any atom is 0.218 e. The Hall–Kier alpha value is -0.970. The zero-order chi connectivity index (χ0) is 12.8. The Kier molecular flexibility index (Phi) is 5.11. The van der Waals surface area contributed by atoms with Gasteiger partial charge in [-0.3, -0.25) is 0 Å². The minimum atomic E-state index is 0.527. The van der Waals surface area contributed by atoms with E-state index in [0.717, 1.165) is 5.82 Å². The number of ether oxygens (including phenoxy) is 1. The third-order valence-corrected chi connectivity index (χ3v) is 4.43. The van der Waals surface area contributed by atoms with Crippen LogP contribution in [0.25, 0.3) is 0 Å². The standard InChI is InChI=1S/C13H21N3OS/c1-3-17-13-8-12(14-9-15-13)16-10-6-5-7-11(10)18-4-2/h8-11H,3-7H2,1-2H3,(H,14,15,16). The van der Waals surface area contributed by atoms with E-state index in [9.17, 15) is 0 Å². The van der Waals surface area contributed by atoms with E-state index in [1.807, 2.05) is 24.8 Å². The average Bonchev–Trinajstić information content (AvgIpc) is 2.78. The number of thioether (sulfide) groups is 1. The van der Waals surface area contributed by atoms with E-state index in [4.69, 9.17) is 4.74 Å². The van der Waals surface area contributed by atoms with Gasteiger partial charge in [-0.15, -0.1) is 0 Å². The molecular weight excluding hydrogens is 246 g/mol. The minimum Gasteiger partial charge on any atom is -0.478 e. The Balaban J connectivity index is 1.97. The van der Waals surface area contributed by atoms with Crippen LogP contribution >= 0.6 is 11.8 Å². The van der Waals surface area contributed by atoms with Gasteiger partial charge in [0.1, 0.15) is 12.1 Å². The lowest BCUT2D eigenvalue weighted by molar-refractivity contribution is 0.326. The van der Waals surface area contributed by atoms with Gasteiger partial charge in [0.2, 0.25) is 5.88 Å². The predicted octanol–water partition coefficient (Wildman–Crippen LogP) is 2.96. The second-order valence-electron chi connectivity index (χ2n) is 4.35. The summed E-state index contributed by atoms with van der Waals surface area (Å²) >= 11 is 2.04. The summed E-state index contributed by atoms with van der Waals surface area (Å²) in [4.78, 5) is 8.35. The smallest absolute Gasteiger partial charge is 0.218 e. The fraction of sp³-hybridized carbons (Fsp3) is 0.692. The molecule has 0 saturated heterocycles. The molecule has 4 nitrogen and oxygen atoms in total. The predicted molar refractivity (Wildman–Crippen MR) is 76.4 cm³/mol. The van der Waals surface area contributed by atoms with Gasteiger partial charge < -0.3 is 10.1 Å². The van der Waals surface area contributed by atoms with Crippen LogP contribution in [-0.4, -0.2) is 33.6 Å². The van der Waals surface area contributed by atoms with Crippen LogP contribution in [0.5, 0.6) is 5.88 Å². The highest BCUT2D eigenvalue weighted by atomic mass is 32.2. The first-order valence-corrected chi connectivity index (χ1v) is 7.71. The molecule has 0 amide bonds. The molecule has 1 N–H and O–H groups in total. The molecule has 2 rings (SSSR count). The van der Waals surface area contributed by atoms with Gasteiger partial charge in [-0.05, 0) is 25.5 Å². The second kappa shape index (κ2) is 6.83. The van der Waals surface area contributed by atoms with E-state index in [1.54, 1.807) is 6.33 Å². The number of nitrogens with one attached hydrogen (secondary N) is 1. The summed E-state index contributed by atoms with van der Waals surface area (Å²) in [5.41, 5.74) is 0. The van der Waals surface area contributed by atoms with Crippen LogP contribution in [0.4, 0.5) is 5.82 Å². The Morgan fingerprint density at radius 2 is 2.28 bits per heavy atom. The maximum absolute atomic E-state index is 5.39. The topological polar surface area (TPSA) is 47.0 Å². The monoisotopic (exact) mass is 267 g/mol. The van der Waals surface area contributed by atoms with Crippen molar-refractivity contribution in [2.45, 2.75) is 44.4 Å². The Morgan fingerprint density at radius 3 is 3.06 bits per heavy atom. The zero-order valence-corrected chi connectivity index (χ0v) is 11.9. The highest BCUT2D eigenvalue weighted by Crippen LogP contribution is 2.31. The van der Waals surface area contributed by atoms with Crippen LogP contribution in [0.2, 0.25) is 0 Å². The molecule has 18 heavy (non-hydrogen) atoms. The highest BCUT2D eigenvalue weighted by Gasteiger charge is 2.27. The molecule has 2 atom stereocenters. The van der Waals surface area contributed by atoms with Crippen molar-refractivity contribution >= 4 is 17.6 Å². The van der Waals surface area contributed by atoms with Crippen molar-refractivity contribution in [2.24, 2.45) is 0 Å². The first-order chi connectivity index (χ1) is 8.83. The molecule has 0 spiro atoms. The molecule has 1 heterocycles. The van der Waals surface area contributed by atoms with Gasteiger partial charge in [0.05, 0.1) is 6.61 Å². The first-order valence-electron chi connectivity index (χ1n) is 6.66. The van der Waals surface area contributed by atoms with Crippen LogP contribution in [-0.2, 0) is 0 Å². The van der Waals surface area contributed by atoms with Crippen molar-refractivity contribution in [3.8, 4) is 5.88 Å². The summed E-state index contributed by atoms with van der Waals surface area (Å²) in [6.07, 6.45) is 5.40. The largest absolute Gasteiger partial charge is 0.478 e. The summed E-state index contributed by atoms with van der Waals surface area (Å²) in [6, 6.07) is 2.41. The molecule has 0 radical (unpaired) electrons. The van der Waals surface area contributed by atoms with E-state index in [0.29, 0.717) is 23.8 Å². The van der Waals surface area contributed by atoms with Crippen LogP contribution < -0.4 is 10.1 Å². The zero-order valence-electron chi connectivity index (χ0n) is 11.1. The molecule has 2 unspecified atom stereocenters. The van der Waals surface area contributed by atoms with Crippen LogP contribution in [0.3, 0.4) is 0 Å². The molecule has 1 aromatic heterocycles.